The van der Waals surface area contributed by atoms with E-state index < -0.39 is 0 Å². The summed E-state index contributed by atoms with van der Waals surface area (Å²) in [7, 11) is 0. The fourth-order valence-electron chi connectivity index (χ4n) is 2.30. The molecule has 0 aliphatic heterocycles. The Morgan fingerprint density at radius 1 is 1.00 bits per heavy atom. The van der Waals surface area contributed by atoms with Gasteiger partial charge in [0.05, 0.1) is 10.6 Å². The minimum atomic E-state index is -0.326. The smallest absolute Gasteiger partial charge is 0.258 e. The Morgan fingerprint density at radius 3 is 2.42 bits per heavy atom. The summed E-state index contributed by atoms with van der Waals surface area (Å²) in [4.78, 5) is 23.8. The van der Waals surface area contributed by atoms with E-state index >= 15 is 0 Å². The van der Waals surface area contributed by atoms with E-state index in [1.807, 2.05) is 32.0 Å². The van der Waals surface area contributed by atoms with Gasteiger partial charge in [-0.3, -0.25) is 9.59 Å². The average molecular weight is 395 g/mol. The summed E-state index contributed by atoms with van der Waals surface area (Å²) in [5, 5.41) is 6.10. The van der Waals surface area contributed by atoms with Crippen molar-refractivity contribution in [2.24, 2.45) is 0 Å². The molecule has 26 heavy (non-hydrogen) atoms. The second kappa shape index (κ2) is 9.46. The predicted octanol–water partition coefficient (Wildman–Crippen LogP) is 3.54. The SMILES string of the molecule is Cc1ccc(OCC(=O)NCCNC(=O)c2ccc(Cl)cc2Cl)c(C)c1. The molecule has 0 atom stereocenters. The van der Waals surface area contributed by atoms with Crippen LogP contribution in [-0.2, 0) is 4.79 Å². The van der Waals surface area contributed by atoms with E-state index in [9.17, 15) is 9.59 Å². The van der Waals surface area contributed by atoms with Crippen molar-refractivity contribution in [1.82, 2.24) is 10.6 Å². The Labute approximate surface area is 162 Å². The summed E-state index contributed by atoms with van der Waals surface area (Å²) in [6.45, 7) is 4.40. The topological polar surface area (TPSA) is 67.4 Å². The monoisotopic (exact) mass is 394 g/mol. The molecule has 0 aromatic heterocycles. The maximum Gasteiger partial charge on any atom is 0.258 e. The minimum absolute atomic E-state index is 0.0825. The first kappa shape index (κ1) is 20.1. The highest BCUT2D eigenvalue weighted by molar-refractivity contribution is 6.36. The molecule has 0 saturated carbocycles. The summed E-state index contributed by atoms with van der Waals surface area (Å²) < 4.78 is 5.50. The van der Waals surface area contributed by atoms with E-state index in [1.54, 1.807) is 12.1 Å². The van der Waals surface area contributed by atoms with Gasteiger partial charge in [0.2, 0.25) is 0 Å². The third-order valence-electron chi connectivity index (χ3n) is 3.60. The number of hydrogen-bond donors (Lipinski definition) is 2. The van der Waals surface area contributed by atoms with Crippen LogP contribution in [0.25, 0.3) is 0 Å². The van der Waals surface area contributed by atoms with Crippen LogP contribution in [0.15, 0.2) is 36.4 Å². The zero-order valence-electron chi connectivity index (χ0n) is 14.6. The van der Waals surface area contributed by atoms with Crippen molar-refractivity contribution < 1.29 is 14.3 Å². The molecule has 2 aromatic carbocycles. The molecule has 138 valence electrons. The van der Waals surface area contributed by atoms with E-state index in [0.717, 1.165) is 11.1 Å². The summed E-state index contributed by atoms with van der Waals surface area (Å²) in [5.74, 6) is 0.0904. The molecule has 0 spiro atoms. The van der Waals surface area contributed by atoms with Gasteiger partial charge in [0.15, 0.2) is 6.61 Å². The average Bonchev–Trinajstić information content (AvgIpc) is 2.57. The first-order valence-electron chi connectivity index (χ1n) is 8.07. The first-order chi connectivity index (χ1) is 12.4. The second-order valence-corrected chi connectivity index (χ2v) is 6.63. The van der Waals surface area contributed by atoms with Gasteiger partial charge in [-0.15, -0.1) is 0 Å². The van der Waals surface area contributed by atoms with E-state index in [2.05, 4.69) is 10.6 Å². The van der Waals surface area contributed by atoms with Gasteiger partial charge in [-0.1, -0.05) is 40.9 Å². The molecule has 0 bridgehead atoms. The first-order valence-corrected chi connectivity index (χ1v) is 8.82. The fraction of sp³-hybridized carbons (Fsp3) is 0.263. The van der Waals surface area contributed by atoms with Crippen molar-refractivity contribution in [2.45, 2.75) is 13.8 Å². The van der Waals surface area contributed by atoms with Crippen molar-refractivity contribution >= 4 is 35.0 Å². The van der Waals surface area contributed by atoms with E-state index in [0.29, 0.717) is 16.3 Å². The lowest BCUT2D eigenvalue weighted by molar-refractivity contribution is -0.123. The Hall–Kier alpha value is -2.24. The van der Waals surface area contributed by atoms with Gasteiger partial charge in [0.1, 0.15) is 5.75 Å². The Morgan fingerprint density at radius 2 is 1.73 bits per heavy atom. The third kappa shape index (κ3) is 5.93. The van der Waals surface area contributed by atoms with Gasteiger partial charge >= 0.3 is 0 Å². The van der Waals surface area contributed by atoms with Crippen LogP contribution >= 0.6 is 23.2 Å². The van der Waals surface area contributed by atoms with Gasteiger partial charge in [0.25, 0.3) is 11.8 Å². The molecular formula is C19H20Cl2N2O3. The lowest BCUT2D eigenvalue weighted by Crippen LogP contribution is -2.36. The molecule has 2 amide bonds. The molecule has 0 heterocycles. The second-order valence-electron chi connectivity index (χ2n) is 5.79. The molecular weight excluding hydrogens is 375 g/mol. The number of halogens is 2. The van der Waals surface area contributed by atoms with Crippen molar-refractivity contribution in [3.8, 4) is 5.75 Å². The normalized spacial score (nSPS) is 10.3. The maximum atomic E-state index is 12.0. The van der Waals surface area contributed by atoms with Crippen LogP contribution in [0.5, 0.6) is 5.75 Å². The minimum Gasteiger partial charge on any atom is -0.484 e. The lowest BCUT2D eigenvalue weighted by atomic mass is 10.1. The Bertz CT molecular complexity index is 809. The summed E-state index contributed by atoms with van der Waals surface area (Å²) in [6.07, 6.45) is 0. The molecule has 2 rings (SSSR count). The van der Waals surface area contributed by atoms with Crippen LogP contribution in [0, 0.1) is 13.8 Å². The van der Waals surface area contributed by atoms with Crippen molar-refractivity contribution in [1.29, 1.82) is 0 Å². The number of aryl methyl sites for hydroxylation is 2. The molecule has 0 aliphatic rings. The summed E-state index contributed by atoms with van der Waals surface area (Å²) >= 11 is 11.8. The number of benzene rings is 2. The zero-order chi connectivity index (χ0) is 19.1. The number of carbonyl (C=O) groups excluding carboxylic acids is 2. The van der Waals surface area contributed by atoms with Crippen LogP contribution in [0.1, 0.15) is 21.5 Å². The number of hydrogen-bond acceptors (Lipinski definition) is 3. The van der Waals surface area contributed by atoms with Crippen LogP contribution < -0.4 is 15.4 Å². The van der Waals surface area contributed by atoms with Gasteiger partial charge in [0, 0.05) is 18.1 Å². The quantitative estimate of drug-likeness (QED) is 0.705. The Balaban J connectivity index is 1.70. The van der Waals surface area contributed by atoms with Crippen LogP contribution in [0.4, 0.5) is 0 Å². The van der Waals surface area contributed by atoms with Gasteiger partial charge in [-0.2, -0.15) is 0 Å². The highest BCUT2D eigenvalue weighted by Crippen LogP contribution is 2.20. The number of nitrogens with one attached hydrogen (secondary N) is 2. The molecule has 5 nitrogen and oxygen atoms in total. The fourth-order valence-corrected chi connectivity index (χ4v) is 2.80. The van der Waals surface area contributed by atoms with Crippen LogP contribution in [-0.4, -0.2) is 31.5 Å². The van der Waals surface area contributed by atoms with Crippen LogP contribution in [0.3, 0.4) is 0 Å². The number of ether oxygens (including phenoxy) is 1. The Kier molecular flexibility index (Phi) is 7.30. The lowest BCUT2D eigenvalue weighted by Gasteiger charge is -2.11. The van der Waals surface area contributed by atoms with E-state index in [4.69, 9.17) is 27.9 Å². The van der Waals surface area contributed by atoms with Gasteiger partial charge in [-0.25, -0.2) is 0 Å². The maximum absolute atomic E-state index is 12.0. The summed E-state index contributed by atoms with van der Waals surface area (Å²) in [5.41, 5.74) is 2.45. The highest BCUT2D eigenvalue weighted by atomic mass is 35.5. The number of carbonyl (C=O) groups is 2. The number of amides is 2. The van der Waals surface area contributed by atoms with Crippen LogP contribution in [0.2, 0.25) is 10.0 Å². The molecule has 0 unspecified atom stereocenters. The molecule has 0 saturated heterocycles. The zero-order valence-corrected chi connectivity index (χ0v) is 16.1. The van der Waals surface area contributed by atoms with E-state index in [-0.39, 0.29) is 36.5 Å². The molecule has 2 aromatic rings. The largest absolute Gasteiger partial charge is 0.484 e. The summed E-state index contributed by atoms with van der Waals surface area (Å²) in [6, 6.07) is 10.4. The highest BCUT2D eigenvalue weighted by Gasteiger charge is 2.10. The standard InChI is InChI=1S/C19H20Cl2N2O3/c1-12-3-6-17(13(2)9-12)26-11-18(24)22-7-8-23-19(25)15-5-4-14(20)10-16(15)21/h3-6,9-10H,7-8,11H2,1-2H3,(H,22,24)(H,23,25). The predicted molar refractivity (Wildman–Crippen MR) is 103 cm³/mol. The van der Waals surface area contributed by atoms with E-state index in [1.165, 1.54) is 6.07 Å². The van der Waals surface area contributed by atoms with Gasteiger partial charge < -0.3 is 15.4 Å². The molecule has 7 heteroatoms. The molecule has 2 N–H and O–H groups in total. The number of rotatable bonds is 7. The molecule has 0 radical (unpaired) electrons. The molecule has 0 aliphatic carbocycles. The third-order valence-corrected chi connectivity index (χ3v) is 4.15. The van der Waals surface area contributed by atoms with Crippen molar-refractivity contribution in [3.63, 3.8) is 0 Å². The molecule has 0 fully saturated rings. The van der Waals surface area contributed by atoms with Crippen molar-refractivity contribution in [2.75, 3.05) is 19.7 Å². The van der Waals surface area contributed by atoms with Gasteiger partial charge in [-0.05, 0) is 43.7 Å². The van der Waals surface area contributed by atoms with Crippen molar-refractivity contribution in [3.05, 3.63) is 63.1 Å².